The zero-order valence-corrected chi connectivity index (χ0v) is 11.8. The van der Waals surface area contributed by atoms with Crippen molar-refractivity contribution in [3.05, 3.63) is 29.3 Å². The zero-order valence-electron chi connectivity index (χ0n) is 11.0. The molecule has 3 nitrogen and oxygen atoms in total. The van der Waals surface area contributed by atoms with Crippen LogP contribution in [0.2, 0.25) is 5.02 Å². The maximum atomic E-state index is 9.13. The Morgan fingerprint density at radius 3 is 2.56 bits per heavy atom. The van der Waals surface area contributed by atoms with Gasteiger partial charge in [-0.3, -0.25) is 4.90 Å². The van der Waals surface area contributed by atoms with E-state index in [9.17, 15) is 0 Å². The number of aliphatic hydroxyl groups is 1. The SMILES string of the molecule is CC1CN(C)C(CCO)CN1c1ccc(Cl)cc1. The molecule has 1 aliphatic rings. The molecule has 1 aromatic carbocycles. The van der Waals surface area contributed by atoms with Crippen LogP contribution < -0.4 is 4.90 Å². The van der Waals surface area contributed by atoms with E-state index in [1.807, 2.05) is 12.1 Å². The van der Waals surface area contributed by atoms with Gasteiger partial charge in [0.05, 0.1) is 0 Å². The van der Waals surface area contributed by atoms with Crippen LogP contribution in [0.15, 0.2) is 24.3 Å². The fourth-order valence-electron chi connectivity index (χ4n) is 2.66. The molecule has 0 saturated carbocycles. The Morgan fingerprint density at radius 2 is 1.94 bits per heavy atom. The van der Waals surface area contributed by atoms with Gasteiger partial charge in [-0.15, -0.1) is 0 Å². The molecule has 0 aliphatic carbocycles. The van der Waals surface area contributed by atoms with Crippen LogP contribution in [0.3, 0.4) is 0 Å². The number of benzene rings is 1. The second-order valence-electron chi connectivity index (χ2n) is 5.08. The molecule has 0 bridgehead atoms. The lowest BCUT2D eigenvalue weighted by molar-refractivity contribution is 0.154. The Kier molecular flexibility index (Phi) is 4.49. The summed E-state index contributed by atoms with van der Waals surface area (Å²) in [5, 5.41) is 9.90. The number of hydrogen-bond donors (Lipinski definition) is 1. The molecule has 1 saturated heterocycles. The summed E-state index contributed by atoms with van der Waals surface area (Å²) in [6.07, 6.45) is 0.827. The van der Waals surface area contributed by atoms with Gasteiger partial charge in [-0.2, -0.15) is 0 Å². The lowest BCUT2D eigenvalue weighted by atomic mass is 10.0. The number of rotatable bonds is 3. The molecule has 1 fully saturated rings. The monoisotopic (exact) mass is 268 g/mol. The van der Waals surface area contributed by atoms with Crippen LogP contribution in [0.4, 0.5) is 5.69 Å². The maximum absolute atomic E-state index is 9.13. The number of nitrogens with zero attached hydrogens (tertiary/aromatic N) is 2. The molecule has 0 amide bonds. The van der Waals surface area contributed by atoms with E-state index in [2.05, 4.69) is 35.9 Å². The third-order valence-electron chi connectivity index (χ3n) is 3.74. The molecule has 2 rings (SSSR count). The topological polar surface area (TPSA) is 26.7 Å². The average Bonchev–Trinajstić information content (AvgIpc) is 2.34. The summed E-state index contributed by atoms with van der Waals surface area (Å²) < 4.78 is 0. The standard InChI is InChI=1S/C14H21ClN2O/c1-11-9-16(2)14(7-8-18)10-17(11)13-5-3-12(15)4-6-13/h3-6,11,14,18H,7-10H2,1-2H3. The van der Waals surface area contributed by atoms with Crippen molar-refractivity contribution in [1.82, 2.24) is 4.90 Å². The quantitative estimate of drug-likeness (QED) is 0.911. The molecule has 18 heavy (non-hydrogen) atoms. The first kappa shape index (κ1) is 13.7. The molecule has 2 unspecified atom stereocenters. The normalized spacial score (nSPS) is 25.4. The number of piperazine rings is 1. The molecular weight excluding hydrogens is 248 g/mol. The minimum Gasteiger partial charge on any atom is -0.396 e. The molecule has 100 valence electrons. The molecule has 0 aromatic heterocycles. The van der Waals surface area contributed by atoms with Gasteiger partial charge in [-0.1, -0.05) is 11.6 Å². The van der Waals surface area contributed by atoms with Crippen molar-refractivity contribution >= 4 is 17.3 Å². The lowest BCUT2D eigenvalue weighted by Gasteiger charge is -2.45. The smallest absolute Gasteiger partial charge is 0.0446 e. The van der Waals surface area contributed by atoms with Crippen LogP contribution in [-0.2, 0) is 0 Å². The second kappa shape index (κ2) is 5.91. The van der Waals surface area contributed by atoms with Gasteiger partial charge >= 0.3 is 0 Å². The number of anilines is 1. The van der Waals surface area contributed by atoms with Crippen molar-refractivity contribution in [2.24, 2.45) is 0 Å². The molecule has 0 spiro atoms. The van der Waals surface area contributed by atoms with E-state index in [1.165, 1.54) is 5.69 Å². The highest BCUT2D eigenvalue weighted by molar-refractivity contribution is 6.30. The van der Waals surface area contributed by atoms with E-state index in [0.29, 0.717) is 12.1 Å². The predicted molar refractivity (Wildman–Crippen MR) is 76.4 cm³/mol. The maximum Gasteiger partial charge on any atom is 0.0446 e. The summed E-state index contributed by atoms with van der Waals surface area (Å²) in [6, 6.07) is 8.90. The van der Waals surface area contributed by atoms with Crippen LogP contribution in [0.1, 0.15) is 13.3 Å². The van der Waals surface area contributed by atoms with Crippen molar-refractivity contribution in [3.8, 4) is 0 Å². The molecule has 0 radical (unpaired) electrons. The highest BCUT2D eigenvalue weighted by atomic mass is 35.5. The van der Waals surface area contributed by atoms with E-state index in [1.54, 1.807) is 0 Å². The van der Waals surface area contributed by atoms with Gasteiger partial charge in [-0.05, 0) is 44.7 Å². The van der Waals surface area contributed by atoms with Crippen LogP contribution in [0.5, 0.6) is 0 Å². The van der Waals surface area contributed by atoms with Gasteiger partial charge in [0.1, 0.15) is 0 Å². The number of likely N-dealkylation sites (N-methyl/N-ethyl adjacent to an activating group) is 1. The first-order valence-corrected chi connectivity index (χ1v) is 6.83. The predicted octanol–water partition coefficient (Wildman–Crippen LogP) is 2.23. The molecule has 4 heteroatoms. The summed E-state index contributed by atoms with van der Waals surface area (Å²) in [7, 11) is 2.13. The highest BCUT2D eigenvalue weighted by Gasteiger charge is 2.28. The summed E-state index contributed by atoms with van der Waals surface area (Å²) in [5.41, 5.74) is 1.21. The Bertz CT molecular complexity index is 382. The van der Waals surface area contributed by atoms with Crippen LogP contribution in [-0.4, -0.2) is 48.8 Å². The van der Waals surface area contributed by atoms with Gasteiger partial charge in [0.15, 0.2) is 0 Å². The van der Waals surface area contributed by atoms with E-state index < -0.39 is 0 Å². The molecule has 2 atom stereocenters. The second-order valence-corrected chi connectivity index (χ2v) is 5.52. The molecule has 1 N–H and O–H groups in total. The van der Waals surface area contributed by atoms with Gasteiger partial charge in [0.2, 0.25) is 0 Å². The fraction of sp³-hybridized carbons (Fsp3) is 0.571. The van der Waals surface area contributed by atoms with Gasteiger partial charge in [-0.25, -0.2) is 0 Å². The number of aliphatic hydroxyl groups excluding tert-OH is 1. The Balaban J connectivity index is 2.13. The van der Waals surface area contributed by atoms with Gasteiger partial charge < -0.3 is 10.0 Å². The molecule has 1 aromatic rings. The van der Waals surface area contributed by atoms with Crippen molar-refractivity contribution in [2.45, 2.75) is 25.4 Å². The summed E-state index contributed by atoms with van der Waals surface area (Å²) in [4.78, 5) is 4.74. The summed E-state index contributed by atoms with van der Waals surface area (Å²) >= 11 is 5.93. The number of halogens is 1. The Morgan fingerprint density at radius 1 is 1.28 bits per heavy atom. The highest BCUT2D eigenvalue weighted by Crippen LogP contribution is 2.25. The van der Waals surface area contributed by atoms with Crippen LogP contribution in [0.25, 0.3) is 0 Å². The average molecular weight is 269 g/mol. The molecular formula is C14H21ClN2O. The molecule has 1 aliphatic heterocycles. The van der Waals surface area contributed by atoms with Gasteiger partial charge in [0, 0.05) is 42.5 Å². The summed E-state index contributed by atoms with van der Waals surface area (Å²) in [5.74, 6) is 0. The van der Waals surface area contributed by atoms with Crippen LogP contribution in [0, 0.1) is 0 Å². The fourth-order valence-corrected chi connectivity index (χ4v) is 2.79. The Hall–Kier alpha value is -0.770. The number of hydrogen-bond acceptors (Lipinski definition) is 3. The van der Waals surface area contributed by atoms with E-state index >= 15 is 0 Å². The van der Waals surface area contributed by atoms with Crippen molar-refractivity contribution in [3.63, 3.8) is 0 Å². The van der Waals surface area contributed by atoms with Crippen molar-refractivity contribution in [1.29, 1.82) is 0 Å². The van der Waals surface area contributed by atoms with E-state index in [0.717, 1.165) is 24.5 Å². The van der Waals surface area contributed by atoms with E-state index in [4.69, 9.17) is 16.7 Å². The minimum absolute atomic E-state index is 0.248. The molecule has 1 heterocycles. The van der Waals surface area contributed by atoms with Gasteiger partial charge in [0.25, 0.3) is 0 Å². The third-order valence-corrected chi connectivity index (χ3v) is 3.99. The first-order valence-electron chi connectivity index (χ1n) is 6.45. The van der Waals surface area contributed by atoms with Crippen LogP contribution >= 0.6 is 11.6 Å². The third kappa shape index (κ3) is 2.97. The summed E-state index contributed by atoms with van der Waals surface area (Å²) in [6.45, 7) is 4.46. The zero-order chi connectivity index (χ0) is 13.1. The first-order chi connectivity index (χ1) is 8.61. The van der Waals surface area contributed by atoms with Crippen molar-refractivity contribution in [2.75, 3.05) is 31.6 Å². The Labute approximate surface area is 114 Å². The largest absolute Gasteiger partial charge is 0.396 e. The minimum atomic E-state index is 0.248. The van der Waals surface area contributed by atoms with Crippen molar-refractivity contribution < 1.29 is 5.11 Å². The van der Waals surface area contributed by atoms with E-state index in [-0.39, 0.29) is 6.61 Å². The lowest BCUT2D eigenvalue weighted by Crippen LogP contribution is -2.56.